The maximum Gasteiger partial charge on any atom is 0.240 e. The Morgan fingerprint density at radius 2 is 1.69 bits per heavy atom. The van der Waals surface area contributed by atoms with Gasteiger partial charge in [-0.1, -0.05) is 23.8 Å². The fourth-order valence-corrected chi connectivity index (χ4v) is 4.10. The van der Waals surface area contributed by atoms with Crippen LogP contribution in [-0.4, -0.2) is 36.5 Å². The van der Waals surface area contributed by atoms with Crippen LogP contribution in [0, 0.1) is 20.8 Å². The number of hydrogen-bond donors (Lipinski definition) is 3. The Hall–Kier alpha value is -3.04. The minimum Gasteiger partial charge on any atom is -0.369 e. The lowest BCUT2D eigenvalue weighted by Gasteiger charge is -2.12. The zero-order valence-corrected chi connectivity index (χ0v) is 17.4. The molecule has 29 heavy (non-hydrogen) atoms. The van der Waals surface area contributed by atoms with E-state index in [1.165, 1.54) is 0 Å². The first kappa shape index (κ1) is 20.7. The van der Waals surface area contributed by atoms with E-state index >= 15 is 0 Å². The standard InChI is InChI=1S/C20H24N6O2S/c1-14-7-8-17(15(2)12-14)29(27,28)23-11-10-22-19-13-20(25-16(3)24-19)26-18-6-4-5-9-21-18/h4-9,12-13,23H,10-11H2,1-3H3,(H2,21,22,24,25,26). The molecule has 0 saturated carbocycles. The van der Waals surface area contributed by atoms with Crippen LogP contribution in [0.3, 0.4) is 0 Å². The molecule has 2 aromatic heterocycles. The van der Waals surface area contributed by atoms with E-state index in [9.17, 15) is 8.42 Å². The Balaban J connectivity index is 1.59. The Labute approximate surface area is 170 Å². The van der Waals surface area contributed by atoms with Gasteiger partial charge in [-0.15, -0.1) is 0 Å². The summed E-state index contributed by atoms with van der Waals surface area (Å²) in [6, 6.07) is 12.6. The predicted molar refractivity (Wildman–Crippen MR) is 114 cm³/mol. The van der Waals surface area contributed by atoms with Gasteiger partial charge < -0.3 is 10.6 Å². The van der Waals surface area contributed by atoms with Crippen molar-refractivity contribution in [1.29, 1.82) is 0 Å². The van der Waals surface area contributed by atoms with E-state index in [1.54, 1.807) is 38.2 Å². The predicted octanol–water partition coefficient (Wildman–Crippen LogP) is 2.93. The van der Waals surface area contributed by atoms with Gasteiger partial charge in [0.15, 0.2) is 0 Å². The molecule has 0 aliphatic carbocycles. The van der Waals surface area contributed by atoms with Crippen LogP contribution in [0.4, 0.5) is 17.5 Å². The summed E-state index contributed by atoms with van der Waals surface area (Å²) in [5.41, 5.74) is 1.75. The molecule has 0 unspecified atom stereocenters. The molecule has 0 atom stereocenters. The van der Waals surface area contributed by atoms with E-state index in [-0.39, 0.29) is 6.54 Å². The van der Waals surface area contributed by atoms with Crippen molar-refractivity contribution in [2.24, 2.45) is 0 Å². The number of anilines is 3. The van der Waals surface area contributed by atoms with Gasteiger partial charge in [-0.2, -0.15) is 0 Å². The van der Waals surface area contributed by atoms with Crippen LogP contribution in [0.15, 0.2) is 53.6 Å². The average molecular weight is 413 g/mol. The van der Waals surface area contributed by atoms with Crippen molar-refractivity contribution in [1.82, 2.24) is 19.7 Å². The molecule has 3 aromatic rings. The third kappa shape index (κ3) is 5.72. The van der Waals surface area contributed by atoms with Gasteiger partial charge in [0.25, 0.3) is 0 Å². The van der Waals surface area contributed by atoms with Crippen molar-refractivity contribution in [3.05, 3.63) is 65.6 Å². The quantitative estimate of drug-likeness (QED) is 0.488. The summed E-state index contributed by atoms with van der Waals surface area (Å²) in [7, 11) is -3.56. The van der Waals surface area contributed by atoms with Crippen LogP contribution in [0.2, 0.25) is 0 Å². The fraction of sp³-hybridized carbons (Fsp3) is 0.250. The van der Waals surface area contributed by atoms with Crippen molar-refractivity contribution in [3.63, 3.8) is 0 Å². The smallest absolute Gasteiger partial charge is 0.240 e. The molecule has 152 valence electrons. The van der Waals surface area contributed by atoms with Crippen molar-refractivity contribution in [2.75, 3.05) is 23.7 Å². The Kier molecular flexibility index (Phi) is 6.40. The molecule has 8 nitrogen and oxygen atoms in total. The zero-order chi connectivity index (χ0) is 20.9. The molecule has 3 N–H and O–H groups in total. The third-order valence-corrected chi connectivity index (χ3v) is 5.72. The van der Waals surface area contributed by atoms with Crippen LogP contribution in [-0.2, 0) is 10.0 Å². The second kappa shape index (κ2) is 8.97. The summed E-state index contributed by atoms with van der Waals surface area (Å²) in [6.07, 6.45) is 1.69. The van der Waals surface area contributed by atoms with Crippen LogP contribution in [0.5, 0.6) is 0 Å². The highest BCUT2D eigenvalue weighted by atomic mass is 32.2. The maximum absolute atomic E-state index is 12.5. The van der Waals surface area contributed by atoms with Gasteiger partial charge in [0.1, 0.15) is 23.3 Å². The number of sulfonamides is 1. The van der Waals surface area contributed by atoms with Gasteiger partial charge in [0, 0.05) is 25.4 Å². The molecule has 9 heteroatoms. The van der Waals surface area contributed by atoms with E-state index in [1.807, 2.05) is 31.2 Å². The normalized spacial score (nSPS) is 11.3. The third-order valence-electron chi connectivity index (χ3n) is 4.10. The molecule has 0 saturated heterocycles. The average Bonchev–Trinajstić information content (AvgIpc) is 2.65. The van der Waals surface area contributed by atoms with Crippen molar-refractivity contribution >= 4 is 27.5 Å². The number of pyridine rings is 1. The van der Waals surface area contributed by atoms with E-state index < -0.39 is 10.0 Å². The van der Waals surface area contributed by atoms with Crippen LogP contribution in [0.25, 0.3) is 0 Å². The van der Waals surface area contributed by atoms with E-state index in [0.717, 1.165) is 11.1 Å². The molecule has 3 rings (SSSR count). The van der Waals surface area contributed by atoms with Gasteiger partial charge in [-0.05, 0) is 44.5 Å². The first-order valence-electron chi connectivity index (χ1n) is 9.18. The highest BCUT2D eigenvalue weighted by Crippen LogP contribution is 2.17. The molecule has 0 aliphatic rings. The topological polar surface area (TPSA) is 109 Å². The van der Waals surface area contributed by atoms with Gasteiger partial charge in [-0.3, -0.25) is 0 Å². The van der Waals surface area contributed by atoms with E-state index in [4.69, 9.17) is 0 Å². The Morgan fingerprint density at radius 1 is 0.897 bits per heavy atom. The molecule has 0 spiro atoms. The highest BCUT2D eigenvalue weighted by Gasteiger charge is 2.15. The molecule has 0 bridgehead atoms. The molecular formula is C20H24N6O2S. The van der Waals surface area contributed by atoms with Gasteiger partial charge >= 0.3 is 0 Å². The van der Waals surface area contributed by atoms with Crippen LogP contribution < -0.4 is 15.4 Å². The molecule has 0 amide bonds. The second-order valence-electron chi connectivity index (χ2n) is 6.62. The first-order valence-corrected chi connectivity index (χ1v) is 10.7. The van der Waals surface area contributed by atoms with Crippen LogP contribution in [0.1, 0.15) is 17.0 Å². The summed E-state index contributed by atoms with van der Waals surface area (Å²) >= 11 is 0. The number of nitrogens with zero attached hydrogens (tertiary/aromatic N) is 3. The Bertz CT molecular complexity index is 1090. The summed E-state index contributed by atoms with van der Waals surface area (Å²) in [6.45, 7) is 6.12. The fourth-order valence-electron chi connectivity index (χ4n) is 2.84. The molecule has 0 radical (unpaired) electrons. The minimum absolute atomic E-state index is 0.224. The zero-order valence-electron chi connectivity index (χ0n) is 16.6. The molecule has 0 aliphatic heterocycles. The number of benzene rings is 1. The largest absolute Gasteiger partial charge is 0.369 e. The number of hydrogen-bond acceptors (Lipinski definition) is 7. The van der Waals surface area contributed by atoms with Crippen LogP contribution >= 0.6 is 0 Å². The molecule has 1 aromatic carbocycles. The monoisotopic (exact) mass is 412 g/mol. The lowest BCUT2D eigenvalue weighted by atomic mass is 10.2. The number of rotatable bonds is 8. The summed E-state index contributed by atoms with van der Waals surface area (Å²) in [5.74, 6) is 2.47. The summed E-state index contributed by atoms with van der Waals surface area (Å²) in [4.78, 5) is 13.2. The number of aryl methyl sites for hydroxylation is 3. The second-order valence-corrected chi connectivity index (χ2v) is 8.35. The number of nitrogens with one attached hydrogen (secondary N) is 3. The van der Waals surface area contributed by atoms with Crippen molar-refractivity contribution < 1.29 is 8.42 Å². The van der Waals surface area contributed by atoms with Crippen molar-refractivity contribution in [3.8, 4) is 0 Å². The summed E-state index contributed by atoms with van der Waals surface area (Å²) in [5, 5.41) is 6.24. The lowest BCUT2D eigenvalue weighted by molar-refractivity contribution is 0.582. The van der Waals surface area contributed by atoms with Gasteiger partial charge in [-0.25, -0.2) is 28.1 Å². The van der Waals surface area contributed by atoms with Gasteiger partial charge in [0.2, 0.25) is 10.0 Å². The minimum atomic E-state index is -3.56. The van der Waals surface area contributed by atoms with E-state index in [0.29, 0.717) is 34.7 Å². The molecular weight excluding hydrogens is 388 g/mol. The number of aromatic nitrogens is 3. The lowest BCUT2D eigenvalue weighted by Crippen LogP contribution is -2.29. The first-order chi connectivity index (χ1) is 13.8. The Morgan fingerprint density at radius 3 is 2.41 bits per heavy atom. The van der Waals surface area contributed by atoms with E-state index in [2.05, 4.69) is 30.3 Å². The van der Waals surface area contributed by atoms with Crippen molar-refractivity contribution in [2.45, 2.75) is 25.7 Å². The molecule has 2 heterocycles. The highest BCUT2D eigenvalue weighted by molar-refractivity contribution is 7.89. The summed E-state index contributed by atoms with van der Waals surface area (Å²) < 4.78 is 27.6. The maximum atomic E-state index is 12.5. The molecule has 0 fully saturated rings. The van der Waals surface area contributed by atoms with Gasteiger partial charge in [0.05, 0.1) is 4.90 Å². The SMILES string of the molecule is Cc1ccc(S(=O)(=O)NCCNc2cc(Nc3ccccn3)nc(C)n2)c(C)c1.